The number of urea groups is 1. The third kappa shape index (κ3) is 3.42. The molecule has 2 amide bonds. The van der Waals surface area contributed by atoms with Crippen molar-refractivity contribution in [2.24, 2.45) is 5.41 Å². The first kappa shape index (κ1) is 15.1. The number of carboxylic acid groups (broad SMARTS) is 1. The van der Waals surface area contributed by atoms with Crippen molar-refractivity contribution < 1.29 is 19.8 Å². The molecule has 6 nitrogen and oxygen atoms in total. The lowest BCUT2D eigenvalue weighted by Crippen LogP contribution is -2.51. The molecule has 2 saturated carbocycles. The average Bonchev–Trinajstić information content (AvgIpc) is 2.89. The van der Waals surface area contributed by atoms with E-state index in [9.17, 15) is 19.8 Å². The maximum absolute atomic E-state index is 11.9. The highest BCUT2D eigenvalue weighted by molar-refractivity contribution is 5.78. The molecule has 2 rings (SSSR count). The summed E-state index contributed by atoms with van der Waals surface area (Å²) in [6.07, 6.45) is 6.03. The number of amides is 2. The van der Waals surface area contributed by atoms with Crippen molar-refractivity contribution in [3.63, 3.8) is 0 Å². The van der Waals surface area contributed by atoms with E-state index in [1.807, 2.05) is 0 Å². The number of hydrogen-bond acceptors (Lipinski definition) is 3. The van der Waals surface area contributed by atoms with Crippen molar-refractivity contribution in [3.05, 3.63) is 0 Å². The summed E-state index contributed by atoms with van der Waals surface area (Å²) in [6.45, 7) is 0.164. The first-order valence-corrected chi connectivity index (χ1v) is 7.49. The molecule has 0 aliphatic heterocycles. The molecule has 0 radical (unpaired) electrons. The van der Waals surface area contributed by atoms with Crippen LogP contribution in [0.4, 0.5) is 4.79 Å². The second-order valence-corrected chi connectivity index (χ2v) is 6.08. The van der Waals surface area contributed by atoms with Gasteiger partial charge in [0.2, 0.25) is 0 Å². The van der Waals surface area contributed by atoms with E-state index in [-0.39, 0.29) is 18.6 Å². The third-order valence-electron chi connectivity index (χ3n) is 4.65. The number of rotatable bonds is 4. The quantitative estimate of drug-likeness (QED) is 0.624. The zero-order chi connectivity index (χ0) is 14.6. The molecular formula is C14H24N2O4. The van der Waals surface area contributed by atoms with Gasteiger partial charge in [-0.15, -0.1) is 0 Å². The Hall–Kier alpha value is -1.30. The van der Waals surface area contributed by atoms with Crippen molar-refractivity contribution >= 4 is 12.0 Å². The molecule has 2 aliphatic carbocycles. The Bertz CT molecular complexity index is 366. The van der Waals surface area contributed by atoms with Gasteiger partial charge in [0.05, 0.1) is 17.6 Å². The fourth-order valence-corrected chi connectivity index (χ4v) is 3.27. The predicted octanol–water partition coefficient (Wildman–Crippen LogP) is 1.23. The van der Waals surface area contributed by atoms with Gasteiger partial charge in [-0.1, -0.05) is 25.7 Å². The monoisotopic (exact) mass is 284 g/mol. The molecule has 2 atom stereocenters. The highest BCUT2D eigenvalue weighted by Gasteiger charge is 2.41. The molecule has 6 heteroatoms. The second-order valence-electron chi connectivity index (χ2n) is 6.08. The van der Waals surface area contributed by atoms with Gasteiger partial charge in [0.25, 0.3) is 0 Å². The van der Waals surface area contributed by atoms with Gasteiger partial charge in [0.15, 0.2) is 0 Å². The first-order valence-electron chi connectivity index (χ1n) is 7.49. The van der Waals surface area contributed by atoms with Crippen LogP contribution in [-0.4, -0.2) is 40.9 Å². The summed E-state index contributed by atoms with van der Waals surface area (Å²) in [7, 11) is 0. The van der Waals surface area contributed by atoms with E-state index in [4.69, 9.17) is 0 Å². The summed E-state index contributed by atoms with van der Waals surface area (Å²) in [5.74, 6) is -0.826. The van der Waals surface area contributed by atoms with E-state index in [1.165, 1.54) is 0 Å². The molecule has 4 N–H and O–H groups in total. The van der Waals surface area contributed by atoms with E-state index in [1.54, 1.807) is 0 Å². The van der Waals surface area contributed by atoms with E-state index in [0.717, 1.165) is 32.1 Å². The number of carbonyl (C=O) groups excluding carboxylic acids is 1. The van der Waals surface area contributed by atoms with Gasteiger partial charge >= 0.3 is 12.0 Å². The van der Waals surface area contributed by atoms with E-state index in [2.05, 4.69) is 10.6 Å². The average molecular weight is 284 g/mol. The minimum atomic E-state index is -0.826. The van der Waals surface area contributed by atoms with Crippen LogP contribution < -0.4 is 10.6 Å². The zero-order valence-electron chi connectivity index (χ0n) is 11.7. The number of aliphatic hydroxyl groups excluding tert-OH is 1. The Morgan fingerprint density at radius 2 is 1.75 bits per heavy atom. The maximum atomic E-state index is 11.9. The van der Waals surface area contributed by atoms with Crippen molar-refractivity contribution in [2.45, 2.75) is 63.5 Å². The molecule has 0 aromatic carbocycles. The van der Waals surface area contributed by atoms with Crippen LogP contribution in [-0.2, 0) is 4.79 Å². The van der Waals surface area contributed by atoms with Crippen molar-refractivity contribution in [3.8, 4) is 0 Å². The lowest BCUT2D eigenvalue weighted by atomic mass is 9.86. The molecule has 114 valence electrons. The van der Waals surface area contributed by atoms with Gasteiger partial charge in [0.1, 0.15) is 0 Å². The van der Waals surface area contributed by atoms with Gasteiger partial charge in [-0.05, 0) is 25.7 Å². The van der Waals surface area contributed by atoms with E-state index < -0.39 is 17.5 Å². The zero-order valence-corrected chi connectivity index (χ0v) is 11.7. The van der Waals surface area contributed by atoms with Crippen LogP contribution in [0.1, 0.15) is 51.4 Å². The Balaban J connectivity index is 1.81. The van der Waals surface area contributed by atoms with Crippen molar-refractivity contribution in [1.82, 2.24) is 10.6 Å². The summed E-state index contributed by atoms with van der Waals surface area (Å²) < 4.78 is 0. The molecule has 2 unspecified atom stereocenters. The SMILES string of the molecule is O=C(NCC1(C(=O)O)CCCC1)NC1CCCCC1O. The Kier molecular flexibility index (Phi) is 4.86. The molecular weight excluding hydrogens is 260 g/mol. The topological polar surface area (TPSA) is 98.7 Å². The molecule has 2 fully saturated rings. The van der Waals surface area contributed by atoms with Crippen LogP contribution in [0.15, 0.2) is 0 Å². The van der Waals surface area contributed by atoms with Gasteiger partial charge in [-0.3, -0.25) is 4.79 Å². The van der Waals surface area contributed by atoms with E-state index >= 15 is 0 Å². The van der Waals surface area contributed by atoms with Crippen molar-refractivity contribution in [2.75, 3.05) is 6.54 Å². The molecule has 0 saturated heterocycles. The summed E-state index contributed by atoms with van der Waals surface area (Å²) in [4.78, 5) is 23.2. The largest absolute Gasteiger partial charge is 0.481 e. The smallest absolute Gasteiger partial charge is 0.315 e. The molecule has 0 bridgehead atoms. The van der Waals surface area contributed by atoms with Crippen LogP contribution in [0.25, 0.3) is 0 Å². The van der Waals surface area contributed by atoms with Gasteiger partial charge < -0.3 is 20.8 Å². The number of carbonyl (C=O) groups is 2. The number of aliphatic carboxylic acids is 1. The second kappa shape index (κ2) is 6.43. The molecule has 20 heavy (non-hydrogen) atoms. The minimum Gasteiger partial charge on any atom is -0.481 e. The summed E-state index contributed by atoms with van der Waals surface area (Å²) in [5.41, 5.74) is -0.803. The van der Waals surface area contributed by atoms with Crippen LogP contribution in [0.5, 0.6) is 0 Å². The molecule has 2 aliphatic rings. The summed E-state index contributed by atoms with van der Waals surface area (Å²) in [6, 6.07) is -0.586. The predicted molar refractivity (Wildman–Crippen MR) is 73.3 cm³/mol. The Morgan fingerprint density at radius 3 is 2.35 bits per heavy atom. The summed E-state index contributed by atoms with van der Waals surface area (Å²) in [5, 5.41) is 24.6. The molecule has 0 spiro atoms. The summed E-state index contributed by atoms with van der Waals surface area (Å²) >= 11 is 0. The number of hydrogen-bond donors (Lipinski definition) is 4. The number of nitrogens with one attached hydrogen (secondary N) is 2. The normalized spacial score (nSPS) is 28.9. The Labute approximate surface area is 118 Å². The number of aliphatic hydroxyl groups is 1. The lowest BCUT2D eigenvalue weighted by Gasteiger charge is -2.29. The van der Waals surface area contributed by atoms with Crippen LogP contribution >= 0.6 is 0 Å². The molecule has 0 aromatic rings. The number of carboxylic acids is 1. The maximum Gasteiger partial charge on any atom is 0.315 e. The highest BCUT2D eigenvalue weighted by Crippen LogP contribution is 2.37. The lowest BCUT2D eigenvalue weighted by molar-refractivity contribution is -0.148. The minimum absolute atomic E-state index is 0.164. The molecule has 0 aromatic heterocycles. The van der Waals surface area contributed by atoms with Crippen LogP contribution in [0, 0.1) is 5.41 Å². The fraction of sp³-hybridized carbons (Fsp3) is 0.857. The third-order valence-corrected chi connectivity index (χ3v) is 4.65. The fourth-order valence-electron chi connectivity index (χ4n) is 3.27. The molecule has 0 heterocycles. The van der Waals surface area contributed by atoms with Crippen molar-refractivity contribution in [1.29, 1.82) is 0 Å². The van der Waals surface area contributed by atoms with Crippen LogP contribution in [0.3, 0.4) is 0 Å². The standard InChI is InChI=1S/C14H24N2O4/c17-11-6-2-1-5-10(11)16-13(20)15-9-14(12(18)19)7-3-4-8-14/h10-11,17H,1-9H2,(H,18,19)(H2,15,16,20). The van der Waals surface area contributed by atoms with Crippen LogP contribution in [0.2, 0.25) is 0 Å². The first-order chi connectivity index (χ1) is 9.53. The Morgan fingerprint density at radius 1 is 1.10 bits per heavy atom. The highest BCUT2D eigenvalue weighted by atomic mass is 16.4. The van der Waals surface area contributed by atoms with Gasteiger partial charge in [0, 0.05) is 6.54 Å². The van der Waals surface area contributed by atoms with E-state index in [0.29, 0.717) is 19.3 Å². The van der Waals surface area contributed by atoms with Gasteiger partial charge in [-0.25, -0.2) is 4.79 Å². The van der Waals surface area contributed by atoms with Gasteiger partial charge in [-0.2, -0.15) is 0 Å².